The van der Waals surface area contributed by atoms with Gasteiger partial charge in [0.25, 0.3) is 0 Å². The molecule has 0 radical (unpaired) electrons. The summed E-state index contributed by atoms with van der Waals surface area (Å²) in [6.45, 7) is 0.967. The van der Waals surface area contributed by atoms with Crippen molar-refractivity contribution in [1.29, 1.82) is 0 Å². The van der Waals surface area contributed by atoms with E-state index in [2.05, 4.69) is 32.8 Å². The van der Waals surface area contributed by atoms with Crippen LogP contribution in [0.5, 0.6) is 0 Å². The number of rotatable bonds is 9. The third kappa shape index (κ3) is 6.23. The summed E-state index contributed by atoms with van der Waals surface area (Å²) in [5, 5.41) is 13.6. The quantitative estimate of drug-likeness (QED) is 0.208. The maximum atomic E-state index is 15.1. The summed E-state index contributed by atoms with van der Waals surface area (Å²) in [4.78, 5) is 32.1. The van der Waals surface area contributed by atoms with Gasteiger partial charge in [0.2, 0.25) is 11.8 Å². The predicted octanol–water partition coefficient (Wildman–Crippen LogP) is 6.72. The number of methoxy groups -OCH3 is 1. The van der Waals surface area contributed by atoms with Gasteiger partial charge in [0, 0.05) is 41.7 Å². The molecule has 6 atom stereocenters. The number of nitrogens with one attached hydrogen (secondary N) is 1. The molecule has 4 fully saturated rings. The molecule has 4 unspecified atom stereocenters. The van der Waals surface area contributed by atoms with E-state index in [1.54, 1.807) is 0 Å². The van der Waals surface area contributed by atoms with Crippen LogP contribution in [0.2, 0.25) is 0 Å². The maximum Gasteiger partial charge on any atom is 0.250 e. The summed E-state index contributed by atoms with van der Waals surface area (Å²) in [6, 6.07) is 0.210. The molecule has 6 aliphatic rings. The molecule has 1 heterocycles. The summed E-state index contributed by atoms with van der Waals surface area (Å²) in [7, 11) is 1.84. The topological polar surface area (TPSA) is 78.9 Å². The molecule has 0 saturated heterocycles. The fourth-order valence-corrected chi connectivity index (χ4v) is 10.9. The minimum absolute atomic E-state index is 0.0924. The fourth-order valence-electron chi connectivity index (χ4n) is 9.82. The molecule has 6 nitrogen and oxygen atoms in total. The first-order valence-electron chi connectivity index (χ1n) is 17.6. The predicted molar refractivity (Wildman–Crippen MR) is 174 cm³/mol. The summed E-state index contributed by atoms with van der Waals surface area (Å²) >= 11 is 2.69. The van der Waals surface area contributed by atoms with E-state index in [0.717, 1.165) is 95.6 Å². The van der Waals surface area contributed by atoms with E-state index < -0.39 is 5.41 Å². The van der Waals surface area contributed by atoms with E-state index in [0.29, 0.717) is 33.6 Å². The number of aliphatic hydroxyl groups is 1. The molecule has 2 amide bonds. The second-order valence-corrected chi connectivity index (χ2v) is 16.4. The Kier molecular flexibility index (Phi) is 10.3. The fraction of sp³-hybridized carbons (Fsp3) is 0.886. The van der Waals surface area contributed by atoms with E-state index in [-0.39, 0.29) is 30.6 Å². The van der Waals surface area contributed by atoms with Gasteiger partial charge in [-0.2, -0.15) is 0 Å². The molecule has 4 saturated carbocycles. The van der Waals surface area contributed by atoms with Gasteiger partial charge in [-0.3, -0.25) is 9.59 Å². The van der Waals surface area contributed by atoms with Crippen molar-refractivity contribution < 1.29 is 19.4 Å². The first-order valence-corrected chi connectivity index (χ1v) is 18.8. The Bertz CT molecular complexity index is 1000. The molecule has 236 valence electrons. The highest BCUT2D eigenvalue weighted by atomic mass is 127. The summed E-state index contributed by atoms with van der Waals surface area (Å²) in [6.07, 6.45) is 20.6. The van der Waals surface area contributed by atoms with Gasteiger partial charge in [0.15, 0.2) is 0 Å². The molecule has 7 heteroatoms. The molecule has 1 aliphatic heterocycles. The average Bonchev–Trinajstić information content (AvgIpc) is 3.85. The summed E-state index contributed by atoms with van der Waals surface area (Å²) in [5.41, 5.74) is 1.60. The van der Waals surface area contributed by atoms with Gasteiger partial charge < -0.3 is 20.1 Å². The molecular weight excluding hydrogens is 639 g/mol. The van der Waals surface area contributed by atoms with E-state index in [1.807, 2.05) is 7.11 Å². The number of nitrogens with zero attached hydrogens (tertiary/aromatic N) is 1. The number of ether oxygens (including phenoxy) is 1. The lowest BCUT2D eigenvalue weighted by atomic mass is 9.55. The molecular formula is C35H55IN2O4. The van der Waals surface area contributed by atoms with Gasteiger partial charge in [-0.15, -0.1) is 0 Å². The minimum atomic E-state index is -0.633. The Hall–Kier alpha value is -0.670. The van der Waals surface area contributed by atoms with Crippen LogP contribution in [0.15, 0.2) is 11.1 Å². The first kappa shape index (κ1) is 31.3. The number of amides is 2. The van der Waals surface area contributed by atoms with Crippen LogP contribution < -0.4 is 5.32 Å². The van der Waals surface area contributed by atoms with Crippen molar-refractivity contribution in [2.24, 2.45) is 29.1 Å². The van der Waals surface area contributed by atoms with Crippen molar-refractivity contribution in [1.82, 2.24) is 10.2 Å². The van der Waals surface area contributed by atoms with E-state index in [9.17, 15) is 9.90 Å². The van der Waals surface area contributed by atoms with Gasteiger partial charge in [0.1, 0.15) is 0 Å². The molecule has 42 heavy (non-hydrogen) atoms. The first-order chi connectivity index (χ1) is 20.5. The monoisotopic (exact) mass is 694 g/mol. The Balaban J connectivity index is 1.48. The van der Waals surface area contributed by atoms with E-state index in [4.69, 9.17) is 4.74 Å². The zero-order valence-electron chi connectivity index (χ0n) is 26.0. The second kappa shape index (κ2) is 13.8. The number of halogens is 1. The van der Waals surface area contributed by atoms with Crippen molar-refractivity contribution in [2.75, 3.05) is 20.3 Å². The standard InChI is InChI=1S/C35H55IN2O4/c1-42-31-13-7-3-9-26(31)21-38-32(24-16-14-23(22-39)15-17-24)35(34(41)37-27-18-19-27,20-25-8-2-6-12-30(25)36)29-11-5-4-10-28(29)33(38)40/h23-27,30-32,39H,2-22H2,1H3,(H,37,41)/t23?,24?,25?,26?,30?,31?,32-,35-/m0/s1. The summed E-state index contributed by atoms with van der Waals surface area (Å²) < 4.78 is 6.62. The molecule has 0 aromatic rings. The van der Waals surface area contributed by atoms with Crippen molar-refractivity contribution in [2.45, 2.75) is 144 Å². The van der Waals surface area contributed by atoms with Gasteiger partial charge in [-0.1, -0.05) is 48.3 Å². The lowest BCUT2D eigenvalue weighted by molar-refractivity contribution is -0.150. The average molecular weight is 695 g/mol. The van der Waals surface area contributed by atoms with Gasteiger partial charge >= 0.3 is 0 Å². The molecule has 0 aromatic heterocycles. The van der Waals surface area contributed by atoms with Crippen molar-refractivity contribution in [3.05, 3.63) is 11.1 Å². The van der Waals surface area contributed by atoms with Crippen LogP contribution in [-0.2, 0) is 14.3 Å². The zero-order valence-corrected chi connectivity index (χ0v) is 28.1. The number of hydrogen-bond donors (Lipinski definition) is 2. The van der Waals surface area contributed by atoms with E-state index >= 15 is 4.79 Å². The maximum absolute atomic E-state index is 15.1. The number of carbonyl (C=O) groups is 2. The zero-order chi connectivity index (χ0) is 29.3. The Morgan fingerprint density at radius 1 is 0.929 bits per heavy atom. The minimum Gasteiger partial charge on any atom is -0.396 e. The summed E-state index contributed by atoms with van der Waals surface area (Å²) in [5.74, 6) is 1.95. The lowest BCUT2D eigenvalue weighted by Gasteiger charge is -2.57. The Morgan fingerprint density at radius 2 is 1.62 bits per heavy atom. The molecule has 6 rings (SSSR count). The van der Waals surface area contributed by atoms with Crippen LogP contribution >= 0.6 is 22.6 Å². The normalized spacial score (nSPS) is 39.6. The van der Waals surface area contributed by atoms with Crippen molar-refractivity contribution in [3.8, 4) is 0 Å². The van der Waals surface area contributed by atoms with Crippen LogP contribution in [0.4, 0.5) is 0 Å². The molecule has 5 aliphatic carbocycles. The number of alkyl halides is 1. The Labute approximate surface area is 267 Å². The number of hydrogen-bond acceptors (Lipinski definition) is 4. The third-order valence-electron chi connectivity index (χ3n) is 12.3. The van der Waals surface area contributed by atoms with Crippen LogP contribution in [0.1, 0.15) is 122 Å². The largest absolute Gasteiger partial charge is 0.396 e. The number of carbonyl (C=O) groups excluding carboxylic acids is 2. The smallest absolute Gasteiger partial charge is 0.250 e. The van der Waals surface area contributed by atoms with Gasteiger partial charge in [-0.25, -0.2) is 0 Å². The van der Waals surface area contributed by atoms with Crippen molar-refractivity contribution in [3.63, 3.8) is 0 Å². The lowest BCUT2D eigenvalue weighted by Crippen LogP contribution is -2.66. The number of aliphatic hydroxyl groups excluding tert-OH is 1. The molecule has 0 bridgehead atoms. The highest BCUT2D eigenvalue weighted by Crippen LogP contribution is 2.56. The van der Waals surface area contributed by atoms with Crippen LogP contribution in [0.3, 0.4) is 0 Å². The second-order valence-electron chi connectivity index (χ2n) is 14.8. The Morgan fingerprint density at radius 3 is 2.31 bits per heavy atom. The van der Waals surface area contributed by atoms with Crippen LogP contribution in [0.25, 0.3) is 0 Å². The highest BCUT2D eigenvalue weighted by molar-refractivity contribution is 14.1. The van der Waals surface area contributed by atoms with Gasteiger partial charge in [-0.05, 0) is 120 Å². The van der Waals surface area contributed by atoms with Crippen LogP contribution in [0, 0.1) is 29.1 Å². The van der Waals surface area contributed by atoms with Gasteiger partial charge in [0.05, 0.1) is 17.6 Å². The molecule has 0 spiro atoms. The SMILES string of the molecule is COC1CCCCC1CN1C(=O)C2=C(CCCC2)[C@](CC2CCCCC2I)(C(=O)NC2CC2)[C@@H]1C1CCC(CO)CC1. The van der Waals surface area contributed by atoms with Crippen LogP contribution in [-0.4, -0.2) is 64.2 Å². The van der Waals surface area contributed by atoms with E-state index in [1.165, 1.54) is 44.1 Å². The third-order valence-corrected chi connectivity index (χ3v) is 13.9. The molecule has 0 aromatic carbocycles. The highest BCUT2D eigenvalue weighted by Gasteiger charge is 2.60. The molecule has 2 N–H and O–H groups in total. The van der Waals surface area contributed by atoms with Crippen molar-refractivity contribution >= 4 is 34.4 Å².